The molecule has 0 aliphatic carbocycles. The molecule has 112 valence electrons. The average molecular weight is 276 g/mol. The summed E-state index contributed by atoms with van der Waals surface area (Å²) in [5.41, 5.74) is 7.22. The second-order valence-electron chi connectivity index (χ2n) is 5.94. The predicted octanol–water partition coefficient (Wildman–Crippen LogP) is 1.89. The van der Waals surface area contributed by atoms with Crippen molar-refractivity contribution in [3.05, 3.63) is 23.9 Å². The lowest BCUT2D eigenvalue weighted by atomic mass is 10.0. The highest BCUT2D eigenvalue weighted by Gasteiger charge is 2.23. The lowest BCUT2D eigenvalue weighted by Gasteiger charge is -2.37. The number of anilines is 1. The van der Waals surface area contributed by atoms with Crippen LogP contribution in [0.1, 0.15) is 32.3 Å². The minimum Gasteiger partial charge on any atom is -0.356 e. The largest absolute Gasteiger partial charge is 0.356 e. The zero-order valence-corrected chi connectivity index (χ0v) is 13.0. The predicted molar refractivity (Wildman–Crippen MR) is 85.1 cm³/mol. The van der Waals surface area contributed by atoms with Gasteiger partial charge in [0, 0.05) is 38.4 Å². The van der Waals surface area contributed by atoms with Crippen LogP contribution in [-0.4, -0.2) is 48.6 Å². The van der Waals surface area contributed by atoms with E-state index in [0.717, 1.165) is 18.8 Å². The third-order valence-corrected chi connectivity index (χ3v) is 4.30. The van der Waals surface area contributed by atoms with Gasteiger partial charge in [-0.25, -0.2) is 4.98 Å². The molecule has 1 unspecified atom stereocenters. The monoisotopic (exact) mass is 276 g/mol. The highest BCUT2D eigenvalue weighted by atomic mass is 15.2. The molecule has 1 aromatic rings. The van der Waals surface area contributed by atoms with Crippen LogP contribution in [0.25, 0.3) is 0 Å². The minimum atomic E-state index is 0.174. The SMILES string of the molecule is CCN1CCC(N(C)c2ncccc2CC(C)N)CC1. The molecule has 0 bridgehead atoms. The summed E-state index contributed by atoms with van der Waals surface area (Å²) in [6.45, 7) is 7.85. The maximum absolute atomic E-state index is 5.96. The molecule has 2 N–H and O–H groups in total. The number of pyridine rings is 1. The number of rotatable bonds is 5. The maximum Gasteiger partial charge on any atom is 0.131 e. The van der Waals surface area contributed by atoms with Gasteiger partial charge in [0.05, 0.1) is 0 Å². The number of piperidine rings is 1. The first-order chi connectivity index (χ1) is 9.61. The molecule has 0 spiro atoms. The van der Waals surface area contributed by atoms with Crippen molar-refractivity contribution in [2.24, 2.45) is 5.73 Å². The van der Waals surface area contributed by atoms with Crippen molar-refractivity contribution in [3.63, 3.8) is 0 Å². The van der Waals surface area contributed by atoms with Crippen molar-refractivity contribution in [3.8, 4) is 0 Å². The number of hydrogen-bond acceptors (Lipinski definition) is 4. The molecule has 20 heavy (non-hydrogen) atoms. The van der Waals surface area contributed by atoms with E-state index in [9.17, 15) is 0 Å². The van der Waals surface area contributed by atoms with Crippen molar-refractivity contribution >= 4 is 5.82 Å². The molecule has 1 aliphatic rings. The van der Waals surface area contributed by atoms with E-state index in [1.807, 2.05) is 12.3 Å². The van der Waals surface area contributed by atoms with E-state index in [0.29, 0.717) is 6.04 Å². The molecule has 1 atom stereocenters. The van der Waals surface area contributed by atoms with Gasteiger partial charge in [-0.1, -0.05) is 13.0 Å². The van der Waals surface area contributed by atoms with Gasteiger partial charge in [-0.15, -0.1) is 0 Å². The number of hydrogen-bond donors (Lipinski definition) is 1. The lowest BCUT2D eigenvalue weighted by molar-refractivity contribution is 0.220. The summed E-state index contributed by atoms with van der Waals surface area (Å²) < 4.78 is 0. The standard InChI is InChI=1S/C16H28N4/c1-4-20-10-7-15(8-11-20)19(3)16-14(12-13(2)17)6-5-9-18-16/h5-6,9,13,15H,4,7-8,10-12,17H2,1-3H3. The quantitative estimate of drug-likeness (QED) is 0.892. The van der Waals surface area contributed by atoms with E-state index >= 15 is 0 Å². The molecule has 1 aliphatic heterocycles. The Morgan fingerprint density at radius 1 is 1.45 bits per heavy atom. The molecule has 1 saturated heterocycles. The van der Waals surface area contributed by atoms with Gasteiger partial charge < -0.3 is 15.5 Å². The zero-order valence-electron chi connectivity index (χ0n) is 13.0. The first-order valence-electron chi connectivity index (χ1n) is 7.76. The molecule has 2 rings (SSSR count). The van der Waals surface area contributed by atoms with Gasteiger partial charge in [-0.2, -0.15) is 0 Å². The molecule has 1 fully saturated rings. The third kappa shape index (κ3) is 3.70. The van der Waals surface area contributed by atoms with E-state index in [4.69, 9.17) is 5.73 Å². The van der Waals surface area contributed by atoms with Gasteiger partial charge in [-0.3, -0.25) is 0 Å². The van der Waals surface area contributed by atoms with Crippen molar-refractivity contribution in [1.82, 2.24) is 9.88 Å². The van der Waals surface area contributed by atoms with Crippen LogP contribution in [0.15, 0.2) is 18.3 Å². The van der Waals surface area contributed by atoms with Gasteiger partial charge in [0.15, 0.2) is 0 Å². The molecule has 0 radical (unpaired) electrons. The van der Waals surface area contributed by atoms with E-state index < -0.39 is 0 Å². The zero-order chi connectivity index (χ0) is 14.5. The van der Waals surface area contributed by atoms with Crippen LogP contribution in [0, 0.1) is 0 Å². The summed E-state index contributed by atoms with van der Waals surface area (Å²) in [6.07, 6.45) is 5.22. The summed E-state index contributed by atoms with van der Waals surface area (Å²) in [6, 6.07) is 4.94. The topological polar surface area (TPSA) is 45.4 Å². The molecule has 4 heteroatoms. The number of aromatic nitrogens is 1. The van der Waals surface area contributed by atoms with E-state index in [1.165, 1.54) is 31.5 Å². The van der Waals surface area contributed by atoms with Gasteiger partial charge in [-0.05, 0) is 44.4 Å². The molecular weight excluding hydrogens is 248 g/mol. The summed E-state index contributed by atoms with van der Waals surface area (Å²) in [7, 11) is 2.18. The van der Waals surface area contributed by atoms with Crippen molar-refractivity contribution in [1.29, 1.82) is 0 Å². The summed E-state index contributed by atoms with van der Waals surface area (Å²) in [5, 5.41) is 0. The van der Waals surface area contributed by atoms with E-state index in [2.05, 4.69) is 41.7 Å². The van der Waals surface area contributed by atoms with Crippen molar-refractivity contribution < 1.29 is 0 Å². The Balaban J connectivity index is 2.07. The number of likely N-dealkylation sites (tertiary alicyclic amines) is 1. The fourth-order valence-electron chi connectivity index (χ4n) is 3.05. The summed E-state index contributed by atoms with van der Waals surface area (Å²) in [4.78, 5) is 9.49. The Kier molecular flexibility index (Phi) is 5.38. The van der Waals surface area contributed by atoms with Crippen LogP contribution in [0.3, 0.4) is 0 Å². The summed E-state index contributed by atoms with van der Waals surface area (Å²) in [5.74, 6) is 1.11. The van der Waals surface area contributed by atoms with Crippen LogP contribution >= 0.6 is 0 Å². The number of nitrogens with zero attached hydrogens (tertiary/aromatic N) is 3. The Labute approximate surface area is 123 Å². The molecular formula is C16H28N4. The Bertz CT molecular complexity index is 411. The first-order valence-corrected chi connectivity index (χ1v) is 7.76. The molecule has 1 aromatic heterocycles. The Morgan fingerprint density at radius 3 is 2.75 bits per heavy atom. The van der Waals surface area contributed by atoms with Crippen LogP contribution in [0.4, 0.5) is 5.82 Å². The second-order valence-corrected chi connectivity index (χ2v) is 5.94. The van der Waals surface area contributed by atoms with Gasteiger partial charge in [0.25, 0.3) is 0 Å². The molecule has 4 nitrogen and oxygen atoms in total. The van der Waals surface area contributed by atoms with Gasteiger partial charge in [0.1, 0.15) is 5.82 Å². The van der Waals surface area contributed by atoms with E-state index in [1.54, 1.807) is 0 Å². The molecule has 0 saturated carbocycles. The normalized spacial score (nSPS) is 19.0. The highest BCUT2D eigenvalue weighted by molar-refractivity contribution is 5.47. The Hall–Kier alpha value is -1.13. The van der Waals surface area contributed by atoms with Crippen LogP contribution in [0.5, 0.6) is 0 Å². The average Bonchev–Trinajstić information content (AvgIpc) is 2.46. The molecule has 0 aromatic carbocycles. The van der Waals surface area contributed by atoms with Crippen molar-refractivity contribution in [2.75, 3.05) is 31.6 Å². The van der Waals surface area contributed by atoms with Crippen molar-refractivity contribution in [2.45, 2.75) is 45.2 Å². The van der Waals surface area contributed by atoms with E-state index in [-0.39, 0.29) is 6.04 Å². The fourth-order valence-corrected chi connectivity index (χ4v) is 3.05. The smallest absolute Gasteiger partial charge is 0.131 e. The fraction of sp³-hybridized carbons (Fsp3) is 0.688. The van der Waals surface area contributed by atoms with Crippen LogP contribution in [0.2, 0.25) is 0 Å². The number of nitrogens with two attached hydrogens (primary N) is 1. The molecule has 2 heterocycles. The summed E-state index contributed by atoms with van der Waals surface area (Å²) >= 11 is 0. The van der Waals surface area contributed by atoms with Gasteiger partial charge in [0.2, 0.25) is 0 Å². The van der Waals surface area contributed by atoms with Gasteiger partial charge >= 0.3 is 0 Å². The third-order valence-electron chi connectivity index (χ3n) is 4.30. The van der Waals surface area contributed by atoms with Crippen LogP contribution in [-0.2, 0) is 6.42 Å². The minimum absolute atomic E-state index is 0.174. The lowest BCUT2D eigenvalue weighted by Crippen LogP contribution is -2.44. The maximum atomic E-state index is 5.96. The van der Waals surface area contributed by atoms with Crippen LogP contribution < -0.4 is 10.6 Å². The second kappa shape index (κ2) is 7.04. The highest BCUT2D eigenvalue weighted by Crippen LogP contribution is 2.24. The Morgan fingerprint density at radius 2 is 2.15 bits per heavy atom. The first kappa shape index (κ1) is 15.3. The molecule has 0 amide bonds.